The maximum Gasteiger partial charge on any atom is 0.119 e. The van der Waals surface area contributed by atoms with Crippen molar-refractivity contribution in [3.8, 4) is 5.75 Å². The monoisotopic (exact) mass is 235 g/mol. The van der Waals surface area contributed by atoms with Crippen molar-refractivity contribution in [1.29, 1.82) is 0 Å². The Balaban J connectivity index is 1.55. The van der Waals surface area contributed by atoms with Crippen molar-refractivity contribution in [3.05, 3.63) is 30.3 Å². The number of para-hydroxylation sites is 1. The molecular weight excluding hydrogens is 214 g/mol. The lowest BCUT2D eigenvalue weighted by Crippen LogP contribution is -2.30. The summed E-state index contributed by atoms with van der Waals surface area (Å²) in [5.74, 6) is 1.35. The normalized spacial score (nSPS) is 23.8. The fraction of sp³-hybridized carbons (Fsp3) is 0.571. The quantitative estimate of drug-likeness (QED) is 0.739. The lowest BCUT2D eigenvalue weighted by Gasteiger charge is -2.15. The summed E-state index contributed by atoms with van der Waals surface area (Å²) in [5, 5.41) is 13.0. The van der Waals surface area contributed by atoms with Crippen LogP contribution in [-0.4, -0.2) is 30.9 Å². The van der Waals surface area contributed by atoms with E-state index < -0.39 is 0 Å². The van der Waals surface area contributed by atoms with E-state index >= 15 is 0 Å². The third-order valence-electron chi connectivity index (χ3n) is 3.32. The Morgan fingerprint density at radius 2 is 2.06 bits per heavy atom. The number of rotatable bonds is 6. The summed E-state index contributed by atoms with van der Waals surface area (Å²) in [5.41, 5.74) is 0. The molecule has 2 unspecified atom stereocenters. The van der Waals surface area contributed by atoms with Crippen molar-refractivity contribution in [3.63, 3.8) is 0 Å². The Morgan fingerprint density at radius 1 is 1.24 bits per heavy atom. The van der Waals surface area contributed by atoms with Gasteiger partial charge in [0.1, 0.15) is 12.4 Å². The van der Waals surface area contributed by atoms with Crippen molar-refractivity contribution >= 4 is 0 Å². The molecule has 0 aromatic heterocycles. The molecule has 1 fully saturated rings. The van der Waals surface area contributed by atoms with E-state index in [1.807, 2.05) is 30.3 Å². The Kier molecular flexibility index (Phi) is 4.83. The van der Waals surface area contributed by atoms with Crippen LogP contribution < -0.4 is 10.1 Å². The maximum absolute atomic E-state index is 9.65. The molecule has 2 rings (SSSR count). The van der Waals surface area contributed by atoms with Crippen molar-refractivity contribution < 1.29 is 9.84 Å². The number of hydrogen-bond donors (Lipinski definition) is 2. The third-order valence-corrected chi connectivity index (χ3v) is 3.32. The van der Waals surface area contributed by atoms with E-state index in [0.29, 0.717) is 12.5 Å². The molecule has 2 atom stereocenters. The van der Waals surface area contributed by atoms with Crippen molar-refractivity contribution in [2.24, 2.45) is 5.92 Å². The van der Waals surface area contributed by atoms with E-state index in [1.54, 1.807) is 0 Å². The van der Waals surface area contributed by atoms with E-state index in [-0.39, 0.29) is 6.10 Å². The highest BCUT2D eigenvalue weighted by atomic mass is 16.5. The molecule has 3 nitrogen and oxygen atoms in total. The Labute approximate surface area is 103 Å². The SMILES string of the molecule is OC1CCCC1CNCCOc1ccccc1. The van der Waals surface area contributed by atoms with Crippen LogP contribution in [0.25, 0.3) is 0 Å². The van der Waals surface area contributed by atoms with E-state index in [1.165, 1.54) is 0 Å². The summed E-state index contributed by atoms with van der Waals surface area (Å²) in [4.78, 5) is 0. The number of benzene rings is 1. The molecule has 0 bridgehead atoms. The van der Waals surface area contributed by atoms with Gasteiger partial charge in [-0.2, -0.15) is 0 Å². The summed E-state index contributed by atoms with van der Waals surface area (Å²) in [6.07, 6.45) is 3.17. The first-order valence-corrected chi connectivity index (χ1v) is 6.43. The molecule has 2 N–H and O–H groups in total. The van der Waals surface area contributed by atoms with Crippen molar-refractivity contribution in [2.75, 3.05) is 19.7 Å². The standard InChI is InChI=1S/C14H21NO2/c16-14-8-4-5-12(14)11-15-9-10-17-13-6-2-1-3-7-13/h1-3,6-7,12,14-16H,4-5,8-11H2. The lowest BCUT2D eigenvalue weighted by molar-refractivity contribution is 0.131. The molecule has 0 spiro atoms. The molecule has 0 heterocycles. The fourth-order valence-corrected chi connectivity index (χ4v) is 2.30. The molecule has 1 aromatic rings. The minimum atomic E-state index is -0.0995. The number of aliphatic hydroxyl groups excluding tert-OH is 1. The van der Waals surface area contributed by atoms with Crippen LogP contribution in [-0.2, 0) is 0 Å². The molecule has 94 valence electrons. The average Bonchev–Trinajstić information content (AvgIpc) is 2.76. The molecule has 17 heavy (non-hydrogen) atoms. The molecule has 0 amide bonds. The van der Waals surface area contributed by atoms with Gasteiger partial charge in [-0.05, 0) is 30.9 Å². The Morgan fingerprint density at radius 3 is 2.76 bits per heavy atom. The van der Waals surface area contributed by atoms with Crippen LogP contribution in [0.1, 0.15) is 19.3 Å². The van der Waals surface area contributed by atoms with Crippen LogP contribution in [0.2, 0.25) is 0 Å². The van der Waals surface area contributed by atoms with Gasteiger partial charge in [0.05, 0.1) is 6.10 Å². The zero-order chi connectivity index (χ0) is 11.9. The van der Waals surface area contributed by atoms with Gasteiger partial charge in [-0.1, -0.05) is 24.6 Å². The predicted octanol–water partition coefficient (Wildman–Crippen LogP) is 1.82. The highest BCUT2D eigenvalue weighted by Crippen LogP contribution is 2.24. The maximum atomic E-state index is 9.65. The van der Waals surface area contributed by atoms with E-state index in [9.17, 15) is 5.11 Å². The van der Waals surface area contributed by atoms with Crippen molar-refractivity contribution in [2.45, 2.75) is 25.4 Å². The van der Waals surface area contributed by atoms with Gasteiger partial charge in [-0.15, -0.1) is 0 Å². The molecule has 1 aromatic carbocycles. The molecule has 0 radical (unpaired) electrons. The summed E-state index contributed by atoms with van der Waals surface area (Å²) in [7, 11) is 0. The minimum absolute atomic E-state index is 0.0995. The van der Waals surface area contributed by atoms with Crippen LogP contribution in [0.3, 0.4) is 0 Å². The number of ether oxygens (including phenoxy) is 1. The minimum Gasteiger partial charge on any atom is -0.492 e. The summed E-state index contributed by atoms with van der Waals surface area (Å²) >= 11 is 0. The number of nitrogens with one attached hydrogen (secondary N) is 1. The second-order valence-electron chi connectivity index (χ2n) is 4.62. The molecule has 0 saturated heterocycles. The van der Waals surface area contributed by atoms with E-state index in [4.69, 9.17) is 4.74 Å². The first kappa shape index (κ1) is 12.4. The van der Waals surface area contributed by atoms with Gasteiger partial charge in [-0.25, -0.2) is 0 Å². The van der Waals surface area contributed by atoms with Gasteiger partial charge in [-0.3, -0.25) is 0 Å². The lowest BCUT2D eigenvalue weighted by atomic mass is 10.1. The molecule has 1 aliphatic rings. The summed E-state index contributed by atoms with van der Waals surface area (Å²) < 4.78 is 5.57. The molecule has 0 aliphatic heterocycles. The van der Waals surface area contributed by atoms with Crippen LogP contribution in [0.4, 0.5) is 0 Å². The second kappa shape index (κ2) is 6.62. The van der Waals surface area contributed by atoms with Crippen LogP contribution in [0.5, 0.6) is 5.75 Å². The van der Waals surface area contributed by atoms with Crippen LogP contribution >= 0.6 is 0 Å². The highest BCUT2D eigenvalue weighted by molar-refractivity contribution is 5.20. The Bertz CT molecular complexity index is 315. The smallest absolute Gasteiger partial charge is 0.119 e. The van der Waals surface area contributed by atoms with Crippen molar-refractivity contribution in [1.82, 2.24) is 5.32 Å². The van der Waals surface area contributed by atoms with Gasteiger partial charge in [0, 0.05) is 13.1 Å². The molecular formula is C14H21NO2. The van der Waals surface area contributed by atoms with Gasteiger partial charge in [0.15, 0.2) is 0 Å². The van der Waals surface area contributed by atoms with Crippen LogP contribution in [0.15, 0.2) is 30.3 Å². The highest BCUT2D eigenvalue weighted by Gasteiger charge is 2.24. The summed E-state index contributed by atoms with van der Waals surface area (Å²) in [6.45, 7) is 2.41. The zero-order valence-corrected chi connectivity index (χ0v) is 10.1. The molecule has 3 heteroatoms. The fourth-order valence-electron chi connectivity index (χ4n) is 2.30. The third kappa shape index (κ3) is 4.02. The largest absolute Gasteiger partial charge is 0.492 e. The van der Waals surface area contributed by atoms with E-state index in [2.05, 4.69) is 5.32 Å². The van der Waals surface area contributed by atoms with Gasteiger partial charge >= 0.3 is 0 Å². The molecule has 1 aliphatic carbocycles. The average molecular weight is 235 g/mol. The van der Waals surface area contributed by atoms with Gasteiger partial charge < -0.3 is 15.2 Å². The number of aliphatic hydroxyl groups is 1. The topological polar surface area (TPSA) is 41.5 Å². The first-order chi connectivity index (χ1) is 8.36. The van der Waals surface area contributed by atoms with Gasteiger partial charge in [0.25, 0.3) is 0 Å². The van der Waals surface area contributed by atoms with E-state index in [0.717, 1.165) is 38.1 Å². The van der Waals surface area contributed by atoms with Gasteiger partial charge in [0.2, 0.25) is 0 Å². The first-order valence-electron chi connectivity index (χ1n) is 6.43. The predicted molar refractivity (Wildman–Crippen MR) is 68.2 cm³/mol. The van der Waals surface area contributed by atoms with Crippen LogP contribution in [0, 0.1) is 5.92 Å². The second-order valence-corrected chi connectivity index (χ2v) is 4.62. The Hall–Kier alpha value is -1.06. The number of hydrogen-bond acceptors (Lipinski definition) is 3. The zero-order valence-electron chi connectivity index (χ0n) is 10.1. The summed E-state index contributed by atoms with van der Waals surface area (Å²) in [6, 6.07) is 9.84. The molecule has 1 saturated carbocycles.